The highest BCUT2D eigenvalue weighted by molar-refractivity contribution is 6.10. The number of amides is 3. The number of phenolic OH excluding ortho intramolecular Hbond substituents is 2. The first kappa shape index (κ1) is 51.2. The number of anilines is 3. The Kier molecular flexibility index (Phi) is 23.8. The molecule has 0 aliphatic heterocycles. The van der Waals surface area contributed by atoms with Crippen LogP contribution < -0.4 is 20.7 Å². The van der Waals surface area contributed by atoms with Gasteiger partial charge in [-0.1, -0.05) is 129 Å². The maximum Gasteiger partial charge on any atom is 0.411 e. The number of ether oxygens (including phenoxy) is 4. The molecule has 0 saturated carbocycles. The first-order chi connectivity index (χ1) is 30.5. The topological polar surface area (TPSA) is 216 Å². The van der Waals surface area contributed by atoms with E-state index in [-0.39, 0.29) is 42.6 Å². The molecule has 15 nitrogen and oxygen atoms in total. The van der Waals surface area contributed by atoms with E-state index in [1.54, 1.807) is 0 Å². The summed E-state index contributed by atoms with van der Waals surface area (Å²) < 4.78 is 21.3. The normalized spacial score (nSPS) is 10.7. The summed E-state index contributed by atoms with van der Waals surface area (Å²) in [4.78, 5) is 79.2. The molecule has 3 aromatic carbocycles. The fraction of sp³-hybridized carbons (Fsp3) is 0.500. The largest absolute Gasteiger partial charge is 0.507 e. The lowest BCUT2D eigenvalue weighted by molar-refractivity contribution is -0.116. The number of unbranched alkanes of at least 4 members (excludes halogenated alkanes) is 15. The summed E-state index contributed by atoms with van der Waals surface area (Å²) in [5, 5.41) is 29.0. The SMILES string of the molecule is CCCCCCCCOC(=O)Nc1cccc(O)c1C(=O)OC(=O)c1ccc(NC(=O)CCCCCCCC)cc1OC(=O)c1c(O)cccc1NC(=O)OCCCCCCCC. The van der Waals surface area contributed by atoms with Gasteiger partial charge in [0.1, 0.15) is 33.9 Å². The van der Waals surface area contributed by atoms with Gasteiger partial charge < -0.3 is 34.5 Å². The van der Waals surface area contributed by atoms with Crippen LogP contribution in [-0.4, -0.2) is 59.4 Å². The lowest BCUT2D eigenvalue weighted by atomic mass is 10.1. The van der Waals surface area contributed by atoms with Crippen LogP contribution in [-0.2, 0) is 19.0 Å². The molecule has 15 heteroatoms. The maximum atomic E-state index is 13.8. The van der Waals surface area contributed by atoms with E-state index in [1.807, 2.05) is 0 Å². The van der Waals surface area contributed by atoms with Gasteiger partial charge in [-0.25, -0.2) is 24.0 Å². The van der Waals surface area contributed by atoms with Gasteiger partial charge in [0, 0.05) is 18.2 Å². The third kappa shape index (κ3) is 18.8. The number of hydrogen-bond donors (Lipinski definition) is 5. The highest BCUT2D eigenvalue weighted by Gasteiger charge is 2.28. The van der Waals surface area contributed by atoms with E-state index in [4.69, 9.17) is 18.9 Å². The second-order valence-corrected chi connectivity index (χ2v) is 15.3. The number of benzene rings is 3. The Morgan fingerprint density at radius 3 is 1.48 bits per heavy atom. The molecule has 3 rings (SSSR count). The molecule has 0 aliphatic carbocycles. The van der Waals surface area contributed by atoms with Crippen LogP contribution in [0.2, 0.25) is 0 Å². The van der Waals surface area contributed by atoms with E-state index < -0.39 is 64.0 Å². The van der Waals surface area contributed by atoms with Crippen molar-refractivity contribution in [2.24, 2.45) is 0 Å². The molecule has 0 radical (unpaired) electrons. The standard InChI is InChI=1S/C48H65N3O12/c1-4-7-10-13-16-19-28-41(54)49-34-29-30-35(44(55)63-46(57)43-37(25-23-27-39(43)53)51-48(59)61-32-21-18-15-12-9-6-3)40(33-34)62-45(56)42-36(24-22-26-38(42)52)50-47(58)60-31-20-17-14-11-8-5-2/h22-27,29-30,33,52-53H,4-21,28,31-32H2,1-3H3,(H,49,54)(H,50,58)(H,51,59). The van der Waals surface area contributed by atoms with Crippen molar-refractivity contribution in [3.05, 3.63) is 71.3 Å². The molecular formula is C48H65N3O12. The molecule has 3 aromatic rings. The number of phenols is 2. The molecule has 0 heterocycles. The number of carbonyl (C=O) groups excluding carboxylic acids is 6. The van der Waals surface area contributed by atoms with E-state index in [0.29, 0.717) is 19.3 Å². The lowest BCUT2D eigenvalue weighted by Crippen LogP contribution is -2.21. The summed E-state index contributed by atoms with van der Waals surface area (Å²) in [6.45, 7) is 6.63. The predicted molar refractivity (Wildman–Crippen MR) is 241 cm³/mol. The van der Waals surface area contributed by atoms with Crippen LogP contribution in [0.1, 0.15) is 174 Å². The van der Waals surface area contributed by atoms with Crippen LogP contribution in [0.25, 0.3) is 0 Å². The Morgan fingerprint density at radius 1 is 0.508 bits per heavy atom. The number of hydrogen-bond acceptors (Lipinski definition) is 12. The van der Waals surface area contributed by atoms with Gasteiger partial charge in [-0.15, -0.1) is 0 Å². The molecule has 0 spiro atoms. The van der Waals surface area contributed by atoms with Crippen molar-refractivity contribution in [3.63, 3.8) is 0 Å². The van der Waals surface area contributed by atoms with E-state index in [0.717, 1.165) is 108 Å². The molecule has 3 amide bonds. The number of nitrogens with one attached hydrogen (secondary N) is 3. The Bertz CT molecular complexity index is 1950. The summed E-state index contributed by atoms with van der Waals surface area (Å²) in [7, 11) is 0. The highest BCUT2D eigenvalue weighted by Crippen LogP contribution is 2.32. The molecule has 63 heavy (non-hydrogen) atoms. The Morgan fingerprint density at radius 2 is 0.968 bits per heavy atom. The van der Waals surface area contributed by atoms with Crippen molar-refractivity contribution in [1.29, 1.82) is 0 Å². The van der Waals surface area contributed by atoms with Gasteiger partial charge in [-0.3, -0.25) is 15.4 Å². The van der Waals surface area contributed by atoms with Crippen molar-refractivity contribution in [1.82, 2.24) is 0 Å². The Hall–Kier alpha value is -6.12. The minimum Gasteiger partial charge on any atom is -0.507 e. The van der Waals surface area contributed by atoms with Crippen LogP contribution in [0.5, 0.6) is 17.2 Å². The van der Waals surface area contributed by atoms with Gasteiger partial charge in [0.15, 0.2) is 0 Å². The molecule has 0 atom stereocenters. The molecule has 0 fully saturated rings. The molecule has 0 saturated heterocycles. The van der Waals surface area contributed by atoms with Gasteiger partial charge in [0.25, 0.3) is 0 Å². The Balaban J connectivity index is 1.82. The average molecular weight is 876 g/mol. The molecule has 5 N–H and O–H groups in total. The summed E-state index contributed by atoms with van der Waals surface area (Å²) >= 11 is 0. The number of esters is 3. The molecule has 0 aromatic heterocycles. The van der Waals surface area contributed by atoms with Gasteiger partial charge in [-0.2, -0.15) is 0 Å². The number of aromatic hydroxyl groups is 2. The molecule has 0 bridgehead atoms. The van der Waals surface area contributed by atoms with Crippen molar-refractivity contribution in [2.75, 3.05) is 29.2 Å². The predicted octanol–water partition coefficient (Wildman–Crippen LogP) is 11.8. The molecular weight excluding hydrogens is 811 g/mol. The van der Waals surface area contributed by atoms with Crippen LogP contribution in [0, 0.1) is 0 Å². The first-order valence-electron chi connectivity index (χ1n) is 22.4. The highest BCUT2D eigenvalue weighted by atomic mass is 16.6. The molecule has 0 aliphatic rings. The first-order valence-corrected chi connectivity index (χ1v) is 22.4. The lowest BCUT2D eigenvalue weighted by Gasteiger charge is -2.15. The van der Waals surface area contributed by atoms with Crippen molar-refractivity contribution in [2.45, 2.75) is 143 Å². The third-order valence-corrected chi connectivity index (χ3v) is 10.1. The second-order valence-electron chi connectivity index (χ2n) is 15.3. The summed E-state index contributed by atoms with van der Waals surface area (Å²) in [5.41, 5.74) is -1.70. The van der Waals surface area contributed by atoms with Gasteiger partial charge >= 0.3 is 30.1 Å². The fourth-order valence-electron chi connectivity index (χ4n) is 6.59. The molecule has 344 valence electrons. The zero-order valence-corrected chi connectivity index (χ0v) is 37.0. The quantitative estimate of drug-likeness (QED) is 0.0151. The zero-order valence-electron chi connectivity index (χ0n) is 37.0. The minimum absolute atomic E-state index is 0.133. The van der Waals surface area contributed by atoms with E-state index in [9.17, 15) is 39.0 Å². The second kappa shape index (κ2) is 29.2. The van der Waals surface area contributed by atoms with Crippen molar-refractivity contribution in [3.8, 4) is 17.2 Å². The van der Waals surface area contributed by atoms with E-state index >= 15 is 0 Å². The van der Waals surface area contributed by atoms with Crippen LogP contribution in [0.15, 0.2) is 54.6 Å². The van der Waals surface area contributed by atoms with E-state index in [1.165, 1.54) is 42.5 Å². The number of carbonyl (C=O) groups is 6. The summed E-state index contributed by atoms with van der Waals surface area (Å²) in [5.74, 6) is -5.90. The van der Waals surface area contributed by atoms with Crippen LogP contribution in [0.4, 0.5) is 26.7 Å². The average Bonchev–Trinajstić information content (AvgIpc) is 3.24. The van der Waals surface area contributed by atoms with Crippen molar-refractivity contribution >= 4 is 53.1 Å². The van der Waals surface area contributed by atoms with Gasteiger partial charge in [0.2, 0.25) is 5.91 Å². The maximum absolute atomic E-state index is 13.8. The fourth-order valence-corrected chi connectivity index (χ4v) is 6.59. The van der Waals surface area contributed by atoms with Crippen LogP contribution >= 0.6 is 0 Å². The number of rotatable bonds is 28. The van der Waals surface area contributed by atoms with Gasteiger partial charge in [-0.05, 0) is 55.7 Å². The van der Waals surface area contributed by atoms with Crippen molar-refractivity contribution < 1.29 is 57.9 Å². The molecule has 0 unspecified atom stereocenters. The summed E-state index contributed by atoms with van der Waals surface area (Å²) in [6.07, 6.45) is 16.0. The Labute approximate surface area is 370 Å². The zero-order chi connectivity index (χ0) is 45.8. The van der Waals surface area contributed by atoms with Gasteiger partial charge in [0.05, 0.1) is 24.6 Å². The van der Waals surface area contributed by atoms with Crippen LogP contribution in [0.3, 0.4) is 0 Å². The smallest absolute Gasteiger partial charge is 0.411 e. The third-order valence-electron chi connectivity index (χ3n) is 10.1. The minimum atomic E-state index is -1.36. The van der Waals surface area contributed by atoms with E-state index in [2.05, 4.69) is 36.7 Å². The summed E-state index contributed by atoms with van der Waals surface area (Å²) in [6, 6.07) is 11.4. The monoisotopic (exact) mass is 875 g/mol.